The van der Waals surface area contributed by atoms with Crippen LogP contribution >= 0.6 is 0 Å². The van der Waals surface area contributed by atoms with Crippen molar-refractivity contribution in [1.29, 1.82) is 5.26 Å². The fourth-order valence-electron chi connectivity index (χ4n) is 15.2. The Hall–Kier alpha value is -12.6. The highest BCUT2D eigenvalue weighted by Gasteiger charge is 2.25. The standard InChI is InChI=1S/C90H60N6/c1-3-84-94-81-48-56(54-91)34-47-83(81)95(84)68-42-37-60(38-43-68)86-70-29-14-15-30-71(70)88(67-36-35-58-22-11-12-25-61(58)50-67)76-52-65(40-44-72(76)86)62-26-19-27-63(49-62)66-41-46-74-78(53-66)87(59-23-9-6-10-24-59)77-51-64(57-20-7-5-8-21-57)39-45-73(77)89(74)79-55-92-90(75-31-16-13-28-69(75)79)96-82-33-18-17-32-80(82)93-85(96)4-2/h5-53,55H,3-4H2,1-2H3. The second-order valence-corrected chi connectivity index (χ2v) is 25.0. The molecule has 0 aliphatic carbocycles. The molecule has 3 aromatic heterocycles. The van der Waals surface area contributed by atoms with Gasteiger partial charge in [0, 0.05) is 35.7 Å². The number of imidazole rings is 2. The van der Waals surface area contributed by atoms with Crippen LogP contribution in [0.4, 0.5) is 0 Å². The van der Waals surface area contributed by atoms with Gasteiger partial charge in [-0.15, -0.1) is 0 Å². The van der Waals surface area contributed by atoms with Gasteiger partial charge in [0.2, 0.25) is 0 Å². The van der Waals surface area contributed by atoms with E-state index in [0.29, 0.717) is 5.56 Å². The highest BCUT2D eigenvalue weighted by molar-refractivity contribution is 6.25. The van der Waals surface area contributed by atoms with E-state index in [9.17, 15) is 5.26 Å². The van der Waals surface area contributed by atoms with Gasteiger partial charge >= 0.3 is 0 Å². The molecule has 0 fully saturated rings. The molecule has 0 radical (unpaired) electrons. The third kappa shape index (κ3) is 9.19. The van der Waals surface area contributed by atoms with Crippen molar-refractivity contribution in [2.75, 3.05) is 0 Å². The Morgan fingerprint density at radius 1 is 0.312 bits per heavy atom. The van der Waals surface area contributed by atoms with Crippen molar-refractivity contribution in [2.45, 2.75) is 26.7 Å². The van der Waals surface area contributed by atoms with Gasteiger partial charge in [-0.3, -0.25) is 9.13 Å². The maximum atomic E-state index is 9.73. The molecule has 6 nitrogen and oxygen atoms in total. The molecule has 96 heavy (non-hydrogen) atoms. The number of rotatable bonds is 11. The minimum Gasteiger partial charge on any atom is -0.296 e. The Morgan fingerprint density at radius 3 is 1.45 bits per heavy atom. The van der Waals surface area contributed by atoms with Crippen LogP contribution in [-0.2, 0) is 12.8 Å². The largest absolute Gasteiger partial charge is 0.296 e. The third-order valence-electron chi connectivity index (χ3n) is 19.7. The van der Waals surface area contributed by atoms with E-state index in [1.807, 2.05) is 18.2 Å². The molecule has 0 N–H and O–H groups in total. The Kier molecular flexibility index (Phi) is 13.4. The lowest BCUT2D eigenvalue weighted by Crippen LogP contribution is -2.04. The summed E-state index contributed by atoms with van der Waals surface area (Å²) >= 11 is 0. The molecule has 0 aliphatic rings. The molecule has 18 aromatic rings. The molecule has 3 heterocycles. The number of pyridine rings is 1. The molecule has 0 amide bonds. The maximum Gasteiger partial charge on any atom is 0.146 e. The van der Waals surface area contributed by atoms with Gasteiger partial charge in [-0.2, -0.15) is 5.26 Å². The van der Waals surface area contributed by atoms with Crippen molar-refractivity contribution in [3.63, 3.8) is 0 Å². The molecule has 18 rings (SSSR count). The van der Waals surface area contributed by atoms with Crippen LogP contribution in [0.1, 0.15) is 31.1 Å². The number of aromatic nitrogens is 5. The number of nitrogens with zero attached hydrogens (tertiary/aromatic N) is 6. The molecular weight excluding hydrogens is 1170 g/mol. The van der Waals surface area contributed by atoms with E-state index in [2.05, 4.69) is 314 Å². The second kappa shape index (κ2) is 22.9. The van der Waals surface area contributed by atoms with E-state index in [1.165, 1.54) is 65.5 Å². The first-order chi connectivity index (χ1) is 47.5. The van der Waals surface area contributed by atoms with Crippen LogP contribution in [-0.4, -0.2) is 24.1 Å². The van der Waals surface area contributed by atoms with Gasteiger partial charge in [-0.1, -0.05) is 238 Å². The number of hydrogen-bond donors (Lipinski definition) is 0. The third-order valence-corrected chi connectivity index (χ3v) is 19.7. The normalized spacial score (nSPS) is 11.7. The number of benzene rings is 15. The van der Waals surface area contributed by atoms with Crippen molar-refractivity contribution in [2.24, 2.45) is 0 Å². The number of nitriles is 1. The van der Waals surface area contributed by atoms with Crippen LogP contribution in [0.15, 0.2) is 303 Å². The number of hydrogen-bond acceptors (Lipinski definition) is 4. The predicted octanol–water partition coefficient (Wildman–Crippen LogP) is 23.3. The minimum absolute atomic E-state index is 0.605. The summed E-state index contributed by atoms with van der Waals surface area (Å²) in [5.74, 6) is 2.81. The quantitative estimate of drug-likeness (QED) is 0.121. The maximum absolute atomic E-state index is 9.73. The van der Waals surface area contributed by atoms with E-state index >= 15 is 0 Å². The van der Waals surface area contributed by atoms with Crippen LogP contribution in [0.5, 0.6) is 0 Å². The molecule has 15 aromatic carbocycles. The second-order valence-electron chi connectivity index (χ2n) is 25.0. The van der Waals surface area contributed by atoms with Gasteiger partial charge in [0.1, 0.15) is 17.5 Å². The summed E-state index contributed by atoms with van der Waals surface area (Å²) in [5.41, 5.74) is 21.6. The van der Waals surface area contributed by atoms with Crippen molar-refractivity contribution < 1.29 is 0 Å². The molecule has 0 atom stereocenters. The van der Waals surface area contributed by atoms with Gasteiger partial charge in [0.25, 0.3) is 0 Å². The smallest absolute Gasteiger partial charge is 0.146 e. The monoisotopic (exact) mass is 1220 g/mol. The highest BCUT2D eigenvalue weighted by Crippen LogP contribution is 2.50. The van der Waals surface area contributed by atoms with Crippen LogP contribution in [0.2, 0.25) is 0 Å². The summed E-state index contributed by atoms with van der Waals surface area (Å²) in [6, 6.07) is 111. The van der Waals surface area contributed by atoms with Gasteiger partial charge in [0.05, 0.1) is 33.7 Å². The molecular formula is C90H60N6. The molecule has 6 heteroatoms. The first kappa shape index (κ1) is 56.2. The van der Waals surface area contributed by atoms with E-state index in [0.717, 1.165) is 135 Å². The first-order valence-corrected chi connectivity index (χ1v) is 33.1. The number of para-hydroxylation sites is 2. The van der Waals surface area contributed by atoms with E-state index in [4.69, 9.17) is 15.0 Å². The summed E-state index contributed by atoms with van der Waals surface area (Å²) in [5, 5.41) is 23.7. The predicted molar refractivity (Wildman–Crippen MR) is 400 cm³/mol. The Labute approximate surface area is 555 Å². The highest BCUT2D eigenvalue weighted by atomic mass is 15.1. The van der Waals surface area contributed by atoms with E-state index in [1.54, 1.807) is 0 Å². The molecule has 450 valence electrons. The Bertz CT molecular complexity index is 6230. The zero-order valence-electron chi connectivity index (χ0n) is 53.0. The lowest BCUT2D eigenvalue weighted by molar-refractivity contribution is 0.891. The lowest BCUT2D eigenvalue weighted by Gasteiger charge is -2.21. The zero-order valence-corrected chi connectivity index (χ0v) is 53.0. The SMILES string of the molecule is CCc1nc2cc(C#N)ccc2n1-c1ccc(-c2c3ccccc3c(-c3ccc4ccccc4c3)c3cc(-c4cccc(-c5ccc6c(-c7cnc(-n8c(CC)nc9ccccc98)c8ccccc78)c7ccc(-c8ccccc8)cc7c(-c7ccccc7)c6c5)c4)ccc23)cc1. The first-order valence-electron chi connectivity index (χ1n) is 33.1. The molecule has 0 saturated carbocycles. The van der Waals surface area contributed by atoms with Crippen molar-refractivity contribution in [1.82, 2.24) is 24.1 Å². The fourth-order valence-corrected chi connectivity index (χ4v) is 15.2. The van der Waals surface area contributed by atoms with E-state index < -0.39 is 0 Å². The van der Waals surface area contributed by atoms with Gasteiger partial charge < -0.3 is 0 Å². The summed E-state index contributed by atoms with van der Waals surface area (Å²) in [4.78, 5) is 15.6. The van der Waals surface area contributed by atoms with Gasteiger partial charge in [-0.05, 0) is 204 Å². The molecule has 0 unspecified atom stereocenters. The summed E-state index contributed by atoms with van der Waals surface area (Å²) in [7, 11) is 0. The lowest BCUT2D eigenvalue weighted by atomic mass is 9.83. The van der Waals surface area contributed by atoms with Gasteiger partial charge in [0.15, 0.2) is 0 Å². The van der Waals surface area contributed by atoms with Crippen LogP contribution < -0.4 is 0 Å². The molecule has 0 saturated heterocycles. The topological polar surface area (TPSA) is 72.3 Å². The van der Waals surface area contributed by atoms with Crippen LogP contribution in [0.25, 0.3) is 176 Å². The fraction of sp³-hybridized carbons (Fsp3) is 0.0444. The minimum atomic E-state index is 0.605. The summed E-state index contributed by atoms with van der Waals surface area (Å²) in [6.45, 7) is 4.30. The van der Waals surface area contributed by atoms with Gasteiger partial charge in [-0.25, -0.2) is 15.0 Å². The zero-order chi connectivity index (χ0) is 64.0. The van der Waals surface area contributed by atoms with Crippen molar-refractivity contribution in [3.8, 4) is 95.5 Å². The Morgan fingerprint density at radius 2 is 0.781 bits per heavy atom. The van der Waals surface area contributed by atoms with Crippen molar-refractivity contribution >= 4 is 86.7 Å². The van der Waals surface area contributed by atoms with Crippen molar-refractivity contribution in [3.05, 3.63) is 321 Å². The average molecular weight is 1230 g/mol. The molecule has 0 aliphatic heterocycles. The Balaban J connectivity index is 0.831. The number of fused-ring (bicyclic) bond motifs is 8. The summed E-state index contributed by atoms with van der Waals surface area (Å²) < 4.78 is 4.48. The van der Waals surface area contributed by atoms with Crippen LogP contribution in [0, 0.1) is 11.3 Å². The molecule has 0 bridgehead atoms. The van der Waals surface area contributed by atoms with Crippen LogP contribution in [0.3, 0.4) is 0 Å². The summed E-state index contributed by atoms with van der Waals surface area (Å²) in [6.07, 6.45) is 3.63. The molecule has 0 spiro atoms. The number of aryl methyl sites for hydroxylation is 2. The van der Waals surface area contributed by atoms with E-state index in [-0.39, 0.29) is 0 Å². The average Bonchev–Trinajstić information content (AvgIpc) is 0.744.